The monoisotopic (exact) mass is 428 g/mol. The smallest absolute Gasteiger partial charge is 0.166 e. The summed E-state index contributed by atoms with van der Waals surface area (Å²) in [5, 5.41) is 0.513. The van der Waals surface area contributed by atoms with Crippen LogP contribution in [-0.4, -0.2) is 0 Å². The van der Waals surface area contributed by atoms with E-state index in [2.05, 4.69) is 0 Å². The Bertz CT molecular complexity index is 1010. The summed E-state index contributed by atoms with van der Waals surface area (Å²) in [6, 6.07) is 11.5. The molecule has 7 heteroatoms. The third-order valence-electron chi connectivity index (χ3n) is 4.70. The summed E-state index contributed by atoms with van der Waals surface area (Å²) in [7, 11) is 0. The molecule has 0 aliphatic heterocycles. The van der Waals surface area contributed by atoms with Gasteiger partial charge in [-0.2, -0.15) is 26.3 Å². The lowest BCUT2D eigenvalue weighted by Crippen LogP contribution is -2.11. The Balaban J connectivity index is 2.07. The minimum absolute atomic E-state index is 0.118. The highest BCUT2D eigenvalue weighted by Gasteiger charge is 2.37. The molecule has 0 saturated carbocycles. The van der Waals surface area contributed by atoms with E-state index in [4.69, 9.17) is 11.6 Å². The standard InChI is InChI=1S/C22H15ClF6/c1-12-7-19(20(23)8-13(12)2)15-5-3-14(4-6-15)16-9-17(21(24,25)26)11-18(10-16)22(27,28)29/h3-11H,1-2H3. The molecule has 0 heterocycles. The van der Waals surface area contributed by atoms with Gasteiger partial charge < -0.3 is 0 Å². The number of alkyl halides is 6. The van der Waals surface area contributed by atoms with E-state index in [-0.39, 0.29) is 17.2 Å². The molecular formula is C22H15ClF6. The van der Waals surface area contributed by atoms with Gasteiger partial charge in [0.2, 0.25) is 0 Å². The fourth-order valence-electron chi connectivity index (χ4n) is 2.97. The van der Waals surface area contributed by atoms with Crippen molar-refractivity contribution in [1.82, 2.24) is 0 Å². The first-order chi connectivity index (χ1) is 13.4. The van der Waals surface area contributed by atoms with Gasteiger partial charge in [-0.1, -0.05) is 35.9 Å². The zero-order chi connectivity index (χ0) is 21.6. The third kappa shape index (κ3) is 4.58. The first-order valence-corrected chi connectivity index (χ1v) is 8.91. The summed E-state index contributed by atoms with van der Waals surface area (Å²) < 4.78 is 78.4. The molecule has 3 aromatic rings. The van der Waals surface area contributed by atoms with Crippen molar-refractivity contribution in [2.24, 2.45) is 0 Å². The van der Waals surface area contributed by atoms with Crippen molar-refractivity contribution >= 4 is 11.6 Å². The van der Waals surface area contributed by atoms with Crippen molar-refractivity contribution < 1.29 is 26.3 Å². The van der Waals surface area contributed by atoms with Gasteiger partial charge in [-0.15, -0.1) is 0 Å². The van der Waals surface area contributed by atoms with E-state index in [0.717, 1.165) is 16.7 Å². The second-order valence-electron chi connectivity index (χ2n) is 6.79. The Morgan fingerprint density at radius 3 is 1.52 bits per heavy atom. The first-order valence-electron chi connectivity index (χ1n) is 8.53. The van der Waals surface area contributed by atoms with Crippen LogP contribution in [0, 0.1) is 13.8 Å². The summed E-state index contributed by atoms with van der Waals surface area (Å²) in [5.41, 5.74) is 0.869. The van der Waals surface area contributed by atoms with Crippen LogP contribution in [0.2, 0.25) is 5.02 Å². The minimum atomic E-state index is -4.89. The lowest BCUT2D eigenvalue weighted by molar-refractivity contribution is -0.143. The lowest BCUT2D eigenvalue weighted by atomic mass is 9.96. The third-order valence-corrected chi connectivity index (χ3v) is 5.01. The molecule has 29 heavy (non-hydrogen) atoms. The highest BCUT2D eigenvalue weighted by molar-refractivity contribution is 6.33. The van der Waals surface area contributed by atoms with Gasteiger partial charge in [-0.05, 0) is 72.0 Å². The zero-order valence-electron chi connectivity index (χ0n) is 15.3. The first kappa shape index (κ1) is 21.2. The maximum absolute atomic E-state index is 13.1. The molecule has 3 rings (SSSR count). The van der Waals surface area contributed by atoms with Crippen molar-refractivity contribution in [3.05, 3.63) is 81.9 Å². The van der Waals surface area contributed by atoms with Crippen LogP contribution in [-0.2, 0) is 12.4 Å². The molecule has 0 aliphatic carbocycles. The molecule has 0 amide bonds. The van der Waals surface area contributed by atoms with E-state index < -0.39 is 23.5 Å². The van der Waals surface area contributed by atoms with Crippen LogP contribution in [0.5, 0.6) is 0 Å². The molecule has 0 radical (unpaired) electrons. The summed E-state index contributed by atoms with van der Waals surface area (Å²) in [5.74, 6) is 0. The van der Waals surface area contributed by atoms with Gasteiger partial charge in [0.1, 0.15) is 0 Å². The summed E-state index contributed by atoms with van der Waals surface area (Å²) in [6.07, 6.45) is -9.77. The van der Waals surface area contributed by atoms with Gasteiger partial charge >= 0.3 is 12.4 Å². The van der Waals surface area contributed by atoms with Crippen LogP contribution in [0.15, 0.2) is 54.6 Å². The van der Waals surface area contributed by atoms with Crippen molar-refractivity contribution in [3.8, 4) is 22.3 Å². The molecule has 0 aliphatic rings. The van der Waals surface area contributed by atoms with Gasteiger partial charge in [-0.25, -0.2) is 0 Å². The van der Waals surface area contributed by atoms with Crippen molar-refractivity contribution in [2.45, 2.75) is 26.2 Å². The van der Waals surface area contributed by atoms with E-state index in [1.807, 2.05) is 26.0 Å². The molecule has 0 nitrogen and oxygen atoms in total. The second-order valence-corrected chi connectivity index (χ2v) is 7.20. The predicted octanol–water partition coefficient (Wildman–Crippen LogP) is 8.33. The number of hydrogen-bond donors (Lipinski definition) is 0. The Hall–Kier alpha value is -2.47. The fourth-order valence-corrected chi connectivity index (χ4v) is 3.29. The lowest BCUT2D eigenvalue weighted by Gasteiger charge is -2.15. The van der Waals surface area contributed by atoms with Gasteiger partial charge in [-0.3, -0.25) is 0 Å². The Labute approximate surface area is 168 Å². The van der Waals surface area contributed by atoms with Crippen LogP contribution < -0.4 is 0 Å². The number of halogens is 7. The zero-order valence-corrected chi connectivity index (χ0v) is 16.1. The highest BCUT2D eigenvalue weighted by Crippen LogP contribution is 2.39. The van der Waals surface area contributed by atoms with E-state index in [1.54, 1.807) is 12.1 Å². The molecule has 0 spiro atoms. The molecule has 0 saturated heterocycles. The molecule has 0 fully saturated rings. The van der Waals surface area contributed by atoms with Gasteiger partial charge in [0.05, 0.1) is 11.1 Å². The molecule has 0 atom stereocenters. The maximum Gasteiger partial charge on any atom is 0.416 e. The van der Waals surface area contributed by atoms with Crippen molar-refractivity contribution in [2.75, 3.05) is 0 Å². The van der Waals surface area contributed by atoms with Crippen molar-refractivity contribution in [1.29, 1.82) is 0 Å². The SMILES string of the molecule is Cc1cc(Cl)c(-c2ccc(-c3cc(C(F)(F)F)cc(C(F)(F)F)c3)cc2)cc1C. The molecule has 0 aromatic heterocycles. The maximum atomic E-state index is 13.1. The molecule has 0 bridgehead atoms. The molecule has 0 unspecified atom stereocenters. The molecule has 3 aromatic carbocycles. The van der Waals surface area contributed by atoms with E-state index in [9.17, 15) is 26.3 Å². The summed E-state index contributed by atoms with van der Waals surface area (Å²) in [4.78, 5) is 0. The second kappa shape index (κ2) is 7.41. The number of benzene rings is 3. The van der Waals surface area contributed by atoms with Crippen LogP contribution >= 0.6 is 11.6 Å². The summed E-state index contributed by atoms with van der Waals surface area (Å²) >= 11 is 6.28. The van der Waals surface area contributed by atoms with E-state index in [0.29, 0.717) is 22.7 Å². The largest absolute Gasteiger partial charge is 0.416 e. The highest BCUT2D eigenvalue weighted by atomic mass is 35.5. The van der Waals surface area contributed by atoms with Crippen LogP contribution in [0.3, 0.4) is 0 Å². The van der Waals surface area contributed by atoms with E-state index in [1.165, 1.54) is 12.1 Å². The van der Waals surface area contributed by atoms with E-state index >= 15 is 0 Å². The van der Waals surface area contributed by atoms with Gasteiger partial charge in [0, 0.05) is 10.6 Å². The van der Waals surface area contributed by atoms with Crippen molar-refractivity contribution in [3.63, 3.8) is 0 Å². The van der Waals surface area contributed by atoms with Crippen LogP contribution in [0.1, 0.15) is 22.3 Å². The Morgan fingerprint density at radius 2 is 1.03 bits per heavy atom. The number of aryl methyl sites for hydroxylation is 2. The summed E-state index contributed by atoms with van der Waals surface area (Å²) in [6.45, 7) is 3.84. The molecule has 0 N–H and O–H groups in total. The minimum Gasteiger partial charge on any atom is -0.166 e. The average molecular weight is 429 g/mol. The van der Waals surface area contributed by atoms with Crippen LogP contribution in [0.25, 0.3) is 22.3 Å². The van der Waals surface area contributed by atoms with Gasteiger partial charge in [0.15, 0.2) is 0 Å². The van der Waals surface area contributed by atoms with Crippen LogP contribution in [0.4, 0.5) is 26.3 Å². The Morgan fingerprint density at radius 1 is 0.586 bits per heavy atom. The Kier molecular flexibility index (Phi) is 5.43. The topological polar surface area (TPSA) is 0 Å². The quantitative estimate of drug-likeness (QED) is 0.360. The number of rotatable bonds is 2. The van der Waals surface area contributed by atoms with Gasteiger partial charge in [0.25, 0.3) is 0 Å². The predicted molar refractivity (Wildman–Crippen MR) is 102 cm³/mol. The number of hydrogen-bond acceptors (Lipinski definition) is 0. The average Bonchev–Trinajstić information content (AvgIpc) is 2.63. The normalized spacial score (nSPS) is 12.3. The fraction of sp³-hybridized carbons (Fsp3) is 0.182. The molecular weight excluding hydrogens is 414 g/mol. The molecule has 152 valence electrons.